The summed E-state index contributed by atoms with van der Waals surface area (Å²) in [6, 6.07) is 4.00. The first kappa shape index (κ1) is 11.3. The molecule has 4 nitrogen and oxygen atoms in total. The molecule has 3 rings (SSSR count). The number of nitrogens with zero attached hydrogens (tertiary/aromatic N) is 2. The summed E-state index contributed by atoms with van der Waals surface area (Å²) in [6.07, 6.45) is 5.62. The van der Waals surface area contributed by atoms with Crippen LogP contribution in [0.5, 0.6) is 0 Å². The van der Waals surface area contributed by atoms with Crippen molar-refractivity contribution in [2.45, 2.75) is 6.92 Å². The van der Waals surface area contributed by atoms with Gasteiger partial charge in [0.05, 0.1) is 10.6 Å². The molecule has 0 spiro atoms. The quantitative estimate of drug-likeness (QED) is 0.900. The maximum atomic E-state index is 11.5. The van der Waals surface area contributed by atoms with Gasteiger partial charge >= 0.3 is 0 Å². The van der Waals surface area contributed by atoms with E-state index in [9.17, 15) is 4.79 Å². The summed E-state index contributed by atoms with van der Waals surface area (Å²) in [5, 5.41) is 1.09. The molecule has 0 saturated heterocycles. The van der Waals surface area contributed by atoms with Gasteiger partial charge in [0.1, 0.15) is 5.65 Å². The van der Waals surface area contributed by atoms with Crippen LogP contribution in [-0.4, -0.2) is 28.0 Å². The van der Waals surface area contributed by atoms with E-state index in [0.29, 0.717) is 0 Å². The van der Waals surface area contributed by atoms with Gasteiger partial charge in [-0.15, -0.1) is 11.8 Å². The van der Waals surface area contributed by atoms with E-state index in [0.717, 1.165) is 33.9 Å². The zero-order valence-electron chi connectivity index (χ0n) is 10.0. The molecular weight excluding hydrogens is 246 g/mol. The number of carbonyl (C=O) groups excluding carboxylic acids is 1. The number of H-pyrrole nitrogens is 1. The number of aromatic amines is 1. The molecule has 0 radical (unpaired) electrons. The zero-order chi connectivity index (χ0) is 12.5. The molecule has 2 aromatic heterocycles. The maximum Gasteiger partial charge on any atom is 0.167 e. The molecule has 3 heterocycles. The third-order valence-corrected chi connectivity index (χ3v) is 4.05. The number of anilines is 1. The van der Waals surface area contributed by atoms with Gasteiger partial charge in [0.25, 0.3) is 0 Å². The summed E-state index contributed by atoms with van der Waals surface area (Å²) < 4.78 is 0. The second kappa shape index (κ2) is 4.49. The van der Waals surface area contributed by atoms with Crippen LogP contribution < -0.4 is 4.90 Å². The number of thioether (sulfide) groups is 1. The normalized spacial score (nSPS) is 15.8. The molecule has 0 bridgehead atoms. The predicted molar refractivity (Wildman–Crippen MR) is 74.7 cm³/mol. The van der Waals surface area contributed by atoms with Gasteiger partial charge in [-0.05, 0) is 19.1 Å². The molecule has 2 aromatic rings. The van der Waals surface area contributed by atoms with Crippen LogP contribution in [0.4, 0.5) is 5.69 Å². The van der Waals surface area contributed by atoms with Gasteiger partial charge < -0.3 is 9.88 Å². The molecule has 5 heteroatoms. The highest BCUT2D eigenvalue weighted by Gasteiger charge is 2.17. The molecule has 1 aliphatic rings. The molecule has 92 valence electrons. The first-order valence-corrected chi connectivity index (χ1v) is 6.78. The van der Waals surface area contributed by atoms with Crippen molar-refractivity contribution in [1.29, 1.82) is 0 Å². The summed E-state index contributed by atoms with van der Waals surface area (Å²) in [5.41, 5.74) is 1.98. The molecule has 1 aliphatic heterocycles. The van der Waals surface area contributed by atoms with Gasteiger partial charge in [0.2, 0.25) is 0 Å². The standard InChI is InChI=1S/C13H13N3OS/c1-9(17)12-8-16(6-7-18-12)11-3-5-15-13-10(11)2-4-14-13/h2-5,8H,6-7H2,1H3,(H,14,15). The van der Waals surface area contributed by atoms with E-state index in [1.807, 2.05) is 24.5 Å². The zero-order valence-corrected chi connectivity index (χ0v) is 10.8. The van der Waals surface area contributed by atoms with E-state index in [1.165, 1.54) is 0 Å². The lowest BCUT2D eigenvalue weighted by molar-refractivity contribution is -0.112. The van der Waals surface area contributed by atoms with E-state index in [4.69, 9.17) is 0 Å². The first-order valence-electron chi connectivity index (χ1n) is 5.80. The minimum absolute atomic E-state index is 0.129. The molecule has 0 fully saturated rings. The van der Waals surface area contributed by atoms with E-state index in [-0.39, 0.29) is 5.78 Å². The maximum absolute atomic E-state index is 11.5. The average Bonchev–Trinajstić information content (AvgIpc) is 2.87. The average molecular weight is 259 g/mol. The molecule has 18 heavy (non-hydrogen) atoms. The van der Waals surface area contributed by atoms with Crippen LogP contribution in [0, 0.1) is 0 Å². The van der Waals surface area contributed by atoms with Gasteiger partial charge in [0.15, 0.2) is 5.78 Å². The highest BCUT2D eigenvalue weighted by atomic mass is 32.2. The second-order valence-corrected chi connectivity index (χ2v) is 5.30. The molecule has 0 atom stereocenters. The van der Waals surface area contributed by atoms with Crippen molar-refractivity contribution in [3.05, 3.63) is 35.6 Å². The molecular formula is C13H13N3OS. The number of ketones is 1. The number of hydrogen-bond donors (Lipinski definition) is 1. The first-order chi connectivity index (χ1) is 8.75. The number of hydrogen-bond acceptors (Lipinski definition) is 4. The highest BCUT2D eigenvalue weighted by molar-refractivity contribution is 8.04. The van der Waals surface area contributed by atoms with Crippen molar-refractivity contribution in [2.75, 3.05) is 17.2 Å². The molecule has 0 saturated carbocycles. The summed E-state index contributed by atoms with van der Waals surface area (Å²) in [7, 11) is 0. The van der Waals surface area contributed by atoms with Gasteiger partial charge in [-0.2, -0.15) is 0 Å². The van der Waals surface area contributed by atoms with E-state index in [1.54, 1.807) is 24.9 Å². The highest BCUT2D eigenvalue weighted by Crippen LogP contribution is 2.30. The van der Waals surface area contributed by atoms with Crippen LogP contribution in [0.25, 0.3) is 11.0 Å². The van der Waals surface area contributed by atoms with Crippen LogP contribution in [0.2, 0.25) is 0 Å². The lowest BCUT2D eigenvalue weighted by Crippen LogP contribution is -2.24. The van der Waals surface area contributed by atoms with Gasteiger partial charge in [-0.1, -0.05) is 0 Å². The number of allylic oxidation sites excluding steroid dienone is 1. The predicted octanol–water partition coefficient (Wildman–Crippen LogP) is 2.55. The lowest BCUT2D eigenvalue weighted by Gasteiger charge is -2.26. The molecule has 0 aromatic carbocycles. The number of carbonyl (C=O) groups is 1. The molecule has 0 aliphatic carbocycles. The summed E-state index contributed by atoms with van der Waals surface area (Å²) in [5.74, 6) is 1.06. The summed E-state index contributed by atoms with van der Waals surface area (Å²) >= 11 is 1.62. The summed E-state index contributed by atoms with van der Waals surface area (Å²) in [4.78, 5) is 21.8. The van der Waals surface area contributed by atoms with Crippen molar-refractivity contribution < 1.29 is 4.79 Å². The topological polar surface area (TPSA) is 49.0 Å². The Kier molecular flexibility index (Phi) is 2.83. The van der Waals surface area contributed by atoms with Crippen molar-refractivity contribution in [2.24, 2.45) is 0 Å². The molecule has 0 amide bonds. The fourth-order valence-corrected chi connectivity index (χ4v) is 2.99. The Hall–Kier alpha value is -1.75. The van der Waals surface area contributed by atoms with Crippen LogP contribution >= 0.6 is 11.8 Å². The lowest BCUT2D eigenvalue weighted by atomic mass is 10.2. The smallest absolute Gasteiger partial charge is 0.167 e. The third-order valence-electron chi connectivity index (χ3n) is 2.96. The Morgan fingerprint density at radius 3 is 3.22 bits per heavy atom. The fourth-order valence-electron chi connectivity index (χ4n) is 2.08. The fraction of sp³-hybridized carbons (Fsp3) is 0.231. The number of rotatable bonds is 2. The Balaban J connectivity index is 2.06. The van der Waals surface area contributed by atoms with Crippen LogP contribution in [0.3, 0.4) is 0 Å². The largest absolute Gasteiger partial charge is 0.346 e. The van der Waals surface area contributed by atoms with E-state index >= 15 is 0 Å². The minimum atomic E-state index is 0.129. The van der Waals surface area contributed by atoms with E-state index < -0.39 is 0 Å². The van der Waals surface area contributed by atoms with Gasteiger partial charge in [-0.25, -0.2) is 4.98 Å². The Labute approximate surface area is 109 Å². The Morgan fingerprint density at radius 2 is 2.39 bits per heavy atom. The molecule has 0 unspecified atom stereocenters. The van der Waals surface area contributed by atoms with Gasteiger partial charge in [-0.3, -0.25) is 4.79 Å². The van der Waals surface area contributed by atoms with Crippen molar-refractivity contribution >= 4 is 34.3 Å². The minimum Gasteiger partial charge on any atom is -0.346 e. The van der Waals surface area contributed by atoms with Crippen molar-refractivity contribution in [3.63, 3.8) is 0 Å². The monoisotopic (exact) mass is 259 g/mol. The van der Waals surface area contributed by atoms with Crippen LogP contribution in [0.15, 0.2) is 35.6 Å². The van der Waals surface area contributed by atoms with Crippen molar-refractivity contribution in [1.82, 2.24) is 9.97 Å². The number of fused-ring (bicyclic) bond motifs is 1. The Bertz CT molecular complexity index is 632. The number of pyridine rings is 1. The van der Waals surface area contributed by atoms with Crippen LogP contribution in [-0.2, 0) is 4.79 Å². The Morgan fingerprint density at radius 1 is 1.50 bits per heavy atom. The molecule has 1 N–H and O–H groups in total. The van der Waals surface area contributed by atoms with Crippen molar-refractivity contribution in [3.8, 4) is 0 Å². The summed E-state index contributed by atoms with van der Waals surface area (Å²) in [6.45, 7) is 2.52. The van der Waals surface area contributed by atoms with E-state index in [2.05, 4.69) is 14.9 Å². The number of nitrogens with one attached hydrogen (secondary N) is 1. The van der Waals surface area contributed by atoms with Gasteiger partial charge in [0, 0.05) is 36.3 Å². The number of Topliss-reactive ketones (excluding diaryl/α,β-unsaturated/α-hetero) is 1. The van der Waals surface area contributed by atoms with Crippen LogP contribution in [0.1, 0.15) is 6.92 Å². The number of aromatic nitrogens is 2. The SMILES string of the molecule is CC(=O)C1=CN(c2ccnc3[nH]ccc23)CCS1. The third kappa shape index (κ3) is 1.90. The second-order valence-electron chi connectivity index (χ2n) is 4.16.